The minimum atomic E-state index is 0.791. The highest BCUT2D eigenvalue weighted by Gasteiger charge is 2.02. The van der Waals surface area contributed by atoms with Crippen LogP contribution in [-0.4, -0.2) is 14.2 Å². The van der Waals surface area contributed by atoms with Crippen LogP contribution < -0.4 is 14.8 Å². The number of ether oxygens (including phenoxy) is 2. The third kappa shape index (κ3) is 3.17. The van der Waals surface area contributed by atoms with E-state index >= 15 is 0 Å². The summed E-state index contributed by atoms with van der Waals surface area (Å²) in [5, 5.41) is 3.37. The molecule has 0 spiro atoms. The molecule has 0 aliphatic heterocycles. The molecule has 0 unspecified atom stereocenters. The Bertz CT molecular complexity index is 500. The first-order valence-corrected chi connectivity index (χ1v) is 6.55. The third-order valence-electron chi connectivity index (χ3n) is 2.61. The van der Waals surface area contributed by atoms with Crippen molar-refractivity contribution in [1.29, 1.82) is 0 Å². The van der Waals surface area contributed by atoms with Gasteiger partial charge >= 0.3 is 0 Å². The highest BCUT2D eigenvalue weighted by molar-refractivity contribution is 7.11. The van der Waals surface area contributed by atoms with Crippen LogP contribution >= 0.6 is 11.3 Å². The molecular weight excluding hydrogens is 246 g/mol. The van der Waals surface area contributed by atoms with Crippen LogP contribution in [0, 0.1) is 6.92 Å². The molecule has 0 bridgehead atoms. The third-order valence-corrected chi connectivity index (χ3v) is 3.61. The summed E-state index contributed by atoms with van der Waals surface area (Å²) in [6.07, 6.45) is 0. The molecule has 0 atom stereocenters. The highest BCUT2D eigenvalue weighted by atomic mass is 32.1. The second-order valence-electron chi connectivity index (χ2n) is 3.97. The van der Waals surface area contributed by atoms with E-state index in [2.05, 4.69) is 24.4 Å². The van der Waals surface area contributed by atoms with Crippen LogP contribution in [-0.2, 0) is 6.54 Å². The minimum Gasteiger partial charge on any atom is -0.497 e. The van der Waals surface area contributed by atoms with E-state index in [1.807, 2.05) is 18.2 Å². The van der Waals surface area contributed by atoms with Gasteiger partial charge in [0.05, 0.1) is 14.2 Å². The number of methoxy groups -OCH3 is 2. The van der Waals surface area contributed by atoms with E-state index in [4.69, 9.17) is 9.47 Å². The van der Waals surface area contributed by atoms with Gasteiger partial charge in [-0.2, -0.15) is 0 Å². The lowest BCUT2D eigenvalue weighted by Crippen LogP contribution is -1.98. The molecule has 4 heteroatoms. The lowest BCUT2D eigenvalue weighted by atomic mass is 10.2. The number of thiophene rings is 1. The molecule has 0 aliphatic rings. The monoisotopic (exact) mass is 263 g/mol. The fourth-order valence-electron chi connectivity index (χ4n) is 1.68. The van der Waals surface area contributed by atoms with Gasteiger partial charge in [-0.25, -0.2) is 0 Å². The topological polar surface area (TPSA) is 30.5 Å². The Hall–Kier alpha value is -1.68. The molecule has 0 saturated carbocycles. The molecule has 0 radical (unpaired) electrons. The van der Waals surface area contributed by atoms with Gasteiger partial charge in [0.25, 0.3) is 0 Å². The average molecular weight is 263 g/mol. The number of anilines is 1. The Morgan fingerprint density at radius 2 is 1.72 bits per heavy atom. The summed E-state index contributed by atoms with van der Waals surface area (Å²) in [6.45, 7) is 2.93. The molecule has 1 heterocycles. The van der Waals surface area contributed by atoms with Crippen molar-refractivity contribution in [3.63, 3.8) is 0 Å². The van der Waals surface area contributed by atoms with Gasteiger partial charge in [0.1, 0.15) is 11.5 Å². The van der Waals surface area contributed by atoms with E-state index in [1.54, 1.807) is 25.6 Å². The van der Waals surface area contributed by atoms with E-state index < -0.39 is 0 Å². The maximum atomic E-state index is 5.24. The predicted octanol–water partition coefficient (Wildman–Crippen LogP) is 3.69. The fraction of sp³-hybridized carbons (Fsp3) is 0.286. The van der Waals surface area contributed by atoms with Crippen LogP contribution in [0.25, 0.3) is 0 Å². The first kappa shape index (κ1) is 12.8. The van der Waals surface area contributed by atoms with Crippen molar-refractivity contribution in [2.24, 2.45) is 0 Å². The van der Waals surface area contributed by atoms with Gasteiger partial charge in [-0.1, -0.05) is 0 Å². The molecule has 0 saturated heterocycles. The zero-order chi connectivity index (χ0) is 13.0. The van der Waals surface area contributed by atoms with E-state index in [0.717, 1.165) is 23.7 Å². The lowest BCUT2D eigenvalue weighted by Gasteiger charge is -2.10. The van der Waals surface area contributed by atoms with Crippen LogP contribution in [0.2, 0.25) is 0 Å². The number of rotatable bonds is 5. The van der Waals surface area contributed by atoms with Crippen molar-refractivity contribution >= 4 is 17.0 Å². The summed E-state index contributed by atoms with van der Waals surface area (Å²) >= 11 is 1.80. The fourth-order valence-corrected chi connectivity index (χ4v) is 2.51. The zero-order valence-corrected chi connectivity index (χ0v) is 11.6. The quantitative estimate of drug-likeness (QED) is 0.892. The number of nitrogens with one attached hydrogen (secondary N) is 1. The maximum absolute atomic E-state index is 5.24. The Labute approximate surface area is 111 Å². The highest BCUT2D eigenvalue weighted by Crippen LogP contribution is 2.26. The zero-order valence-electron chi connectivity index (χ0n) is 10.8. The van der Waals surface area contributed by atoms with Crippen molar-refractivity contribution in [2.75, 3.05) is 19.5 Å². The molecule has 96 valence electrons. The molecule has 2 rings (SSSR count). The first-order valence-electron chi connectivity index (χ1n) is 5.73. The number of hydrogen-bond acceptors (Lipinski definition) is 4. The van der Waals surface area contributed by atoms with E-state index in [1.165, 1.54) is 9.75 Å². The normalized spacial score (nSPS) is 10.2. The van der Waals surface area contributed by atoms with Crippen LogP contribution in [0.4, 0.5) is 5.69 Å². The predicted molar refractivity (Wildman–Crippen MR) is 75.9 cm³/mol. The van der Waals surface area contributed by atoms with Crippen molar-refractivity contribution < 1.29 is 9.47 Å². The Kier molecular flexibility index (Phi) is 4.10. The number of hydrogen-bond donors (Lipinski definition) is 1. The summed E-state index contributed by atoms with van der Waals surface area (Å²) in [6, 6.07) is 10.1. The van der Waals surface area contributed by atoms with Gasteiger partial charge < -0.3 is 14.8 Å². The summed E-state index contributed by atoms with van der Waals surface area (Å²) in [4.78, 5) is 2.64. The molecule has 1 aromatic heterocycles. The standard InChI is InChI=1S/C14H17NO2S/c1-10-4-5-14(18-10)9-15-11-6-12(16-2)8-13(7-11)17-3/h4-8,15H,9H2,1-3H3. The molecule has 0 amide bonds. The van der Waals surface area contributed by atoms with E-state index in [0.29, 0.717) is 0 Å². The Morgan fingerprint density at radius 3 is 2.22 bits per heavy atom. The van der Waals surface area contributed by atoms with Crippen molar-refractivity contribution in [1.82, 2.24) is 0 Å². The van der Waals surface area contributed by atoms with Gasteiger partial charge in [0, 0.05) is 40.2 Å². The molecule has 2 aromatic rings. The van der Waals surface area contributed by atoms with Crippen LogP contribution in [0.15, 0.2) is 30.3 Å². The first-order chi connectivity index (χ1) is 8.71. The van der Waals surface area contributed by atoms with Gasteiger partial charge in [-0.3, -0.25) is 0 Å². The minimum absolute atomic E-state index is 0.791. The van der Waals surface area contributed by atoms with E-state index in [-0.39, 0.29) is 0 Å². The molecule has 1 aromatic carbocycles. The molecule has 0 fully saturated rings. The molecule has 3 nitrogen and oxygen atoms in total. The van der Waals surface area contributed by atoms with Crippen molar-refractivity contribution in [3.8, 4) is 11.5 Å². The molecule has 0 aliphatic carbocycles. The number of aryl methyl sites for hydroxylation is 1. The van der Waals surface area contributed by atoms with Gasteiger partial charge in [-0.05, 0) is 19.1 Å². The lowest BCUT2D eigenvalue weighted by molar-refractivity contribution is 0.394. The van der Waals surface area contributed by atoms with Crippen molar-refractivity contribution in [3.05, 3.63) is 40.1 Å². The SMILES string of the molecule is COc1cc(NCc2ccc(C)s2)cc(OC)c1. The summed E-state index contributed by atoms with van der Waals surface area (Å²) in [7, 11) is 3.31. The Morgan fingerprint density at radius 1 is 1.06 bits per heavy atom. The van der Waals surface area contributed by atoms with Gasteiger partial charge in [-0.15, -0.1) is 11.3 Å². The second-order valence-corrected chi connectivity index (χ2v) is 5.34. The largest absolute Gasteiger partial charge is 0.497 e. The van der Waals surface area contributed by atoms with Crippen molar-refractivity contribution in [2.45, 2.75) is 13.5 Å². The Balaban J connectivity index is 2.08. The molecule has 1 N–H and O–H groups in total. The summed E-state index contributed by atoms with van der Waals surface area (Å²) < 4.78 is 10.5. The number of benzene rings is 1. The summed E-state index contributed by atoms with van der Waals surface area (Å²) in [5.41, 5.74) is 0.997. The molecule has 18 heavy (non-hydrogen) atoms. The summed E-state index contributed by atoms with van der Waals surface area (Å²) in [5.74, 6) is 1.58. The van der Waals surface area contributed by atoms with Crippen LogP contribution in [0.5, 0.6) is 11.5 Å². The van der Waals surface area contributed by atoms with Crippen LogP contribution in [0.1, 0.15) is 9.75 Å². The van der Waals surface area contributed by atoms with E-state index in [9.17, 15) is 0 Å². The smallest absolute Gasteiger partial charge is 0.124 e. The molecular formula is C14H17NO2S. The van der Waals surface area contributed by atoms with Gasteiger partial charge in [0.15, 0.2) is 0 Å². The maximum Gasteiger partial charge on any atom is 0.124 e. The van der Waals surface area contributed by atoms with Crippen LogP contribution in [0.3, 0.4) is 0 Å². The average Bonchev–Trinajstić information content (AvgIpc) is 2.81. The second kappa shape index (κ2) is 5.78. The van der Waals surface area contributed by atoms with Gasteiger partial charge in [0.2, 0.25) is 0 Å².